The predicted molar refractivity (Wildman–Crippen MR) is 46.3 cm³/mol. The van der Waals surface area contributed by atoms with E-state index in [1.165, 1.54) is 5.20 Å². The summed E-state index contributed by atoms with van der Waals surface area (Å²) in [5.41, 5.74) is 0. The van der Waals surface area contributed by atoms with Crippen molar-refractivity contribution in [2.45, 2.75) is 20.0 Å². The van der Waals surface area contributed by atoms with E-state index < -0.39 is 8.07 Å². The molecule has 0 saturated carbocycles. The molecule has 0 fully saturated rings. The van der Waals surface area contributed by atoms with E-state index in [0.717, 1.165) is 0 Å². The Labute approximate surface area is 66.6 Å². The van der Waals surface area contributed by atoms with Crippen LogP contribution in [0.15, 0.2) is 22.7 Å². The number of nitrogens with zero attached hydrogens (tertiary/aromatic N) is 1. The number of rotatable bonds is 1. The van der Waals surface area contributed by atoms with Crippen molar-refractivity contribution in [3.8, 4) is 0 Å². The van der Waals surface area contributed by atoms with Gasteiger partial charge in [0, 0.05) is 6.08 Å². The topological polar surface area (TPSA) is 43.1 Å². The predicted octanol–water partition coefficient (Wildman–Crippen LogP) is 1.89. The average Bonchev–Trinajstić information content (AvgIpc) is 2.08. The van der Waals surface area contributed by atoms with Crippen molar-refractivity contribution in [3.05, 3.63) is 32.8 Å². The molecule has 0 bridgehead atoms. The van der Waals surface area contributed by atoms with Gasteiger partial charge in [-0.1, -0.05) is 24.4 Å². The van der Waals surface area contributed by atoms with Gasteiger partial charge in [0.2, 0.25) is 5.32 Å². The Bertz CT molecular complexity index is 266. The Morgan fingerprint density at radius 2 is 2.00 bits per heavy atom. The summed E-state index contributed by atoms with van der Waals surface area (Å²) in [5.74, 6) is 0. The Hall–Kier alpha value is -0.903. The fourth-order valence-electron chi connectivity index (χ4n) is 1.11. The van der Waals surface area contributed by atoms with Gasteiger partial charge in [0.1, 0.15) is 0 Å². The standard InChI is InChI=1S/C7H11NO2Si/c1-6-4-5-7(8(9)10)11(6,2)3/h4-5H,1-3H3. The molecule has 11 heavy (non-hydrogen) atoms. The van der Waals surface area contributed by atoms with E-state index in [4.69, 9.17) is 0 Å². The molecule has 0 aromatic carbocycles. The van der Waals surface area contributed by atoms with Crippen molar-refractivity contribution in [1.29, 1.82) is 0 Å². The summed E-state index contributed by atoms with van der Waals surface area (Å²) in [6, 6.07) is 0. The first-order chi connectivity index (χ1) is 4.96. The number of hydrogen-bond acceptors (Lipinski definition) is 2. The summed E-state index contributed by atoms with van der Waals surface area (Å²) in [6.07, 6.45) is 3.51. The van der Waals surface area contributed by atoms with Crippen LogP contribution in [0.3, 0.4) is 0 Å². The first kappa shape index (κ1) is 8.20. The van der Waals surface area contributed by atoms with Crippen LogP contribution in [-0.2, 0) is 0 Å². The van der Waals surface area contributed by atoms with Gasteiger partial charge in [-0.2, -0.15) is 0 Å². The maximum atomic E-state index is 10.5. The number of nitro groups is 1. The fourth-order valence-corrected chi connectivity index (χ4v) is 2.97. The number of hydrogen-bond donors (Lipinski definition) is 0. The van der Waals surface area contributed by atoms with E-state index >= 15 is 0 Å². The van der Waals surface area contributed by atoms with Gasteiger partial charge in [-0.25, -0.2) is 0 Å². The van der Waals surface area contributed by atoms with Crippen molar-refractivity contribution < 1.29 is 4.92 Å². The van der Waals surface area contributed by atoms with Crippen molar-refractivity contribution in [2.24, 2.45) is 0 Å². The largest absolute Gasteiger partial charge is 0.259 e. The lowest BCUT2D eigenvalue weighted by Gasteiger charge is -2.14. The van der Waals surface area contributed by atoms with Gasteiger partial charge < -0.3 is 0 Å². The third-order valence-electron chi connectivity index (χ3n) is 2.31. The van der Waals surface area contributed by atoms with Crippen LogP contribution in [0, 0.1) is 10.1 Å². The smallest absolute Gasteiger partial charge is 0.220 e. The molecule has 60 valence electrons. The minimum absolute atomic E-state index is 0.251. The van der Waals surface area contributed by atoms with E-state index in [-0.39, 0.29) is 4.92 Å². The quantitative estimate of drug-likeness (QED) is 0.342. The maximum Gasteiger partial charge on any atom is 0.220 e. The molecule has 4 heteroatoms. The normalized spacial score (nSPS) is 21.0. The third-order valence-corrected chi connectivity index (χ3v) is 6.08. The molecule has 0 unspecified atom stereocenters. The second kappa shape index (κ2) is 2.30. The summed E-state index contributed by atoms with van der Waals surface area (Å²) >= 11 is 0. The molecule has 1 aliphatic rings. The van der Waals surface area contributed by atoms with Crippen LogP contribution in [0.5, 0.6) is 0 Å². The van der Waals surface area contributed by atoms with E-state index in [9.17, 15) is 10.1 Å². The lowest BCUT2D eigenvalue weighted by molar-refractivity contribution is -0.414. The molecule has 0 N–H and O–H groups in total. The van der Waals surface area contributed by atoms with Crippen molar-refractivity contribution in [1.82, 2.24) is 0 Å². The van der Waals surface area contributed by atoms with Gasteiger partial charge in [0.15, 0.2) is 8.07 Å². The molecule has 3 nitrogen and oxygen atoms in total. The average molecular weight is 169 g/mol. The Morgan fingerprint density at radius 1 is 1.45 bits per heavy atom. The van der Waals surface area contributed by atoms with Crippen LogP contribution in [0.1, 0.15) is 6.92 Å². The highest BCUT2D eigenvalue weighted by Crippen LogP contribution is 2.28. The molecular weight excluding hydrogens is 158 g/mol. The molecular formula is C7H11NO2Si. The van der Waals surface area contributed by atoms with Crippen LogP contribution in [-0.4, -0.2) is 13.0 Å². The SMILES string of the molecule is CC1=CC=C([N+](=O)[O-])[Si]1(C)C. The summed E-state index contributed by atoms with van der Waals surface area (Å²) in [6.45, 7) is 5.97. The highest BCUT2D eigenvalue weighted by Gasteiger charge is 2.40. The van der Waals surface area contributed by atoms with Crippen molar-refractivity contribution in [2.75, 3.05) is 0 Å². The zero-order valence-electron chi connectivity index (χ0n) is 6.92. The zero-order chi connectivity index (χ0) is 8.65. The lowest BCUT2D eigenvalue weighted by Crippen LogP contribution is -2.32. The number of allylic oxidation sites excluding steroid dienone is 3. The third kappa shape index (κ3) is 1.13. The van der Waals surface area contributed by atoms with Gasteiger partial charge in [0.25, 0.3) is 0 Å². The summed E-state index contributed by atoms with van der Waals surface area (Å²) in [5, 5.41) is 12.1. The zero-order valence-corrected chi connectivity index (χ0v) is 7.92. The molecule has 0 radical (unpaired) electrons. The Kier molecular flexibility index (Phi) is 1.71. The van der Waals surface area contributed by atoms with Crippen LogP contribution in [0.25, 0.3) is 0 Å². The molecule has 0 aromatic rings. The van der Waals surface area contributed by atoms with E-state index in [1.807, 2.05) is 26.1 Å². The first-order valence-electron chi connectivity index (χ1n) is 3.50. The summed E-state index contributed by atoms with van der Waals surface area (Å²) < 4.78 is 0. The second-order valence-electron chi connectivity index (χ2n) is 3.28. The van der Waals surface area contributed by atoms with Gasteiger partial charge in [0.05, 0.1) is 4.92 Å². The van der Waals surface area contributed by atoms with E-state index in [2.05, 4.69) is 0 Å². The molecule has 0 atom stereocenters. The molecule has 1 heterocycles. The van der Waals surface area contributed by atoms with Crippen molar-refractivity contribution >= 4 is 8.07 Å². The van der Waals surface area contributed by atoms with Gasteiger partial charge >= 0.3 is 0 Å². The van der Waals surface area contributed by atoms with Crippen LogP contribution in [0.2, 0.25) is 13.1 Å². The Morgan fingerprint density at radius 3 is 2.18 bits per heavy atom. The van der Waals surface area contributed by atoms with Crippen LogP contribution < -0.4 is 0 Å². The maximum absolute atomic E-state index is 10.5. The minimum atomic E-state index is -1.81. The fraction of sp³-hybridized carbons (Fsp3) is 0.429. The Balaban J connectivity index is 3.01. The molecule has 1 aliphatic heterocycles. The molecule has 0 spiro atoms. The second-order valence-corrected chi connectivity index (χ2v) is 7.83. The molecule has 0 saturated heterocycles. The van der Waals surface area contributed by atoms with Crippen LogP contribution in [0.4, 0.5) is 0 Å². The summed E-state index contributed by atoms with van der Waals surface area (Å²) in [7, 11) is -1.81. The highest BCUT2D eigenvalue weighted by atomic mass is 28.3. The first-order valence-corrected chi connectivity index (χ1v) is 6.50. The summed E-state index contributed by atoms with van der Waals surface area (Å²) in [4.78, 5) is 10.3. The van der Waals surface area contributed by atoms with Gasteiger partial charge in [-0.05, 0) is 6.92 Å². The highest BCUT2D eigenvalue weighted by molar-refractivity contribution is 6.90. The van der Waals surface area contributed by atoms with Gasteiger partial charge in [-0.15, -0.1) is 0 Å². The molecule has 1 rings (SSSR count). The molecule has 0 amide bonds. The van der Waals surface area contributed by atoms with Crippen LogP contribution >= 0.6 is 0 Å². The minimum Gasteiger partial charge on any atom is -0.259 e. The monoisotopic (exact) mass is 169 g/mol. The van der Waals surface area contributed by atoms with Crippen molar-refractivity contribution in [3.63, 3.8) is 0 Å². The van der Waals surface area contributed by atoms with Gasteiger partial charge in [-0.3, -0.25) is 10.1 Å². The lowest BCUT2D eigenvalue weighted by atomic mass is 10.5. The van der Waals surface area contributed by atoms with E-state index in [0.29, 0.717) is 5.32 Å². The molecule has 0 aliphatic carbocycles. The van der Waals surface area contributed by atoms with E-state index in [1.54, 1.807) is 6.08 Å². The molecule has 0 aromatic heterocycles.